The van der Waals surface area contributed by atoms with Crippen LogP contribution in [0, 0.1) is 0 Å². The van der Waals surface area contributed by atoms with Crippen LogP contribution in [0.3, 0.4) is 0 Å². The van der Waals surface area contributed by atoms with Gasteiger partial charge in [-0.15, -0.1) is 0 Å². The summed E-state index contributed by atoms with van der Waals surface area (Å²) < 4.78 is 1.93. The molecule has 0 unspecified atom stereocenters. The van der Waals surface area contributed by atoms with Gasteiger partial charge in [-0.1, -0.05) is 11.6 Å². The van der Waals surface area contributed by atoms with Gasteiger partial charge in [0.2, 0.25) is 0 Å². The average Bonchev–Trinajstić information content (AvgIpc) is 2.87. The summed E-state index contributed by atoms with van der Waals surface area (Å²) >= 11 is 5.92. The van der Waals surface area contributed by atoms with Gasteiger partial charge in [0, 0.05) is 29.3 Å². The normalized spacial score (nSPS) is 10.5. The topological polar surface area (TPSA) is 70.8 Å². The number of halogens is 1. The molecule has 0 saturated heterocycles. The number of hydrogen-bond acceptors (Lipinski definition) is 4. The van der Waals surface area contributed by atoms with Gasteiger partial charge in [-0.25, -0.2) is 9.97 Å². The molecule has 3 rings (SSSR count). The number of nitrogens with zero attached hydrogens (tertiary/aromatic N) is 3. The van der Waals surface area contributed by atoms with Gasteiger partial charge in [0.05, 0.1) is 0 Å². The molecule has 23 heavy (non-hydrogen) atoms. The second kappa shape index (κ2) is 8.37. The van der Waals surface area contributed by atoms with Crippen molar-refractivity contribution in [2.75, 3.05) is 0 Å². The Morgan fingerprint density at radius 3 is 2.65 bits per heavy atom. The zero-order chi connectivity index (χ0) is 15.5. The van der Waals surface area contributed by atoms with Crippen molar-refractivity contribution in [2.45, 2.75) is 19.4 Å². The van der Waals surface area contributed by atoms with Gasteiger partial charge in [0.25, 0.3) is 0 Å². The summed E-state index contributed by atoms with van der Waals surface area (Å²) in [6.07, 6.45) is 2.17. The number of carboxylic acid groups (broad SMARTS) is 1. The Kier molecular flexibility index (Phi) is 6.76. The maximum absolute atomic E-state index is 10.6. The van der Waals surface area contributed by atoms with Crippen molar-refractivity contribution in [2.24, 2.45) is 0 Å². The van der Waals surface area contributed by atoms with E-state index in [2.05, 4.69) is 9.97 Å². The number of pyridine rings is 1. The molecule has 0 atom stereocenters. The molecule has 0 aliphatic carbocycles. The van der Waals surface area contributed by atoms with Gasteiger partial charge >= 0.3 is 51.4 Å². The predicted molar refractivity (Wildman–Crippen MR) is 82.2 cm³/mol. The smallest absolute Gasteiger partial charge is 0.550 e. The molecule has 112 valence electrons. The van der Waals surface area contributed by atoms with E-state index in [1.807, 2.05) is 28.8 Å². The Balaban J connectivity index is 0.00000192. The maximum Gasteiger partial charge on any atom is 1.00 e. The number of carboxylic acids is 1. The van der Waals surface area contributed by atoms with Gasteiger partial charge in [0.15, 0.2) is 5.65 Å². The molecular weight excluding hydrogens is 341 g/mol. The number of rotatable bonds is 5. The monoisotopic (exact) mass is 353 g/mol. The number of benzene rings is 1. The van der Waals surface area contributed by atoms with Gasteiger partial charge in [0.1, 0.15) is 11.3 Å². The average molecular weight is 354 g/mol. The van der Waals surface area contributed by atoms with E-state index >= 15 is 0 Å². The van der Waals surface area contributed by atoms with Crippen LogP contribution in [0.2, 0.25) is 5.02 Å². The van der Waals surface area contributed by atoms with Crippen LogP contribution in [0.4, 0.5) is 0 Å². The first-order chi connectivity index (χ1) is 10.6. The zero-order valence-corrected chi connectivity index (χ0v) is 16.6. The van der Waals surface area contributed by atoms with Crippen molar-refractivity contribution in [1.29, 1.82) is 0 Å². The van der Waals surface area contributed by atoms with Gasteiger partial charge in [-0.2, -0.15) is 0 Å². The van der Waals surface area contributed by atoms with Crippen LogP contribution >= 0.6 is 11.6 Å². The SMILES string of the molecule is O=C([O-])CCCn1c(-c2ccc(Cl)cc2)nc2cccnc21.[K+]. The first-order valence-corrected chi connectivity index (χ1v) is 7.30. The third-order valence-corrected chi connectivity index (χ3v) is 3.62. The van der Waals surface area contributed by atoms with Crippen molar-refractivity contribution < 1.29 is 61.3 Å². The summed E-state index contributed by atoms with van der Waals surface area (Å²) in [6, 6.07) is 11.1. The van der Waals surface area contributed by atoms with Crippen molar-refractivity contribution in [1.82, 2.24) is 14.5 Å². The Morgan fingerprint density at radius 2 is 1.96 bits per heavy atom. The van der Waals surface area contributed by atoms with E-state index in [0.29, 0.717) is 18.0 Å². The molecule has 7 heteroatoms. The summed E-state index contributed by atoms with van der Waals surface area (Å²) in [4.78, 5) is 19.6. The van der Waals surface area contributed by atoms with Gasteiger partial charge < -0.3 is 14.5 Å². The van der Waals surface area contributed by atoms with Gasteiger partial charge in [-0.3, -0.25) is 0 Å². The molecule has 0 fully saturated rings. The molecule has 0 saturated carbocycles. The number of aromatic nitrogens is 3. The Labute approximate surface area is 181 Å². The Morgan fingerprint density at radius 1 is 1.22 bits per heavy atom. The quantitative estimate of drug-likeness (QED) is 0.568. The molecule has 0 N–H and O–H groups in total. The van der Waals surface area contributed by atoms with E-state index in [-0.39, 0.29) is 57.8 Å². The largest absolute Gasteiger partial charge is 1.00 e. The molecule has 0 aliphatic rings. The molecule has 1 aromatic carbocycles. The fourth-order valence-electron chi connectivity index (χ4n) is 2.37. The summed E-state index contributed by atoms with van der Waals surface area (Å²) in [5.41, 5.74) is 2.43. The zero-order valence-electron chi connectivity index (χ0n) is 12.7. The summed E-state index contributed by atoms with van der Waals surface area (Å²) in [6.45, 7) is 0.513. The fraction of sp³-hybridized carbons (Fsp3) is 0.188. The Hall–Kier alpha value is -0.764. The number of fused-ring (bicyclic) bond motifs is 1. The molecule has 0 spiro atoms. The first-order valence-electron chi connectivity index (χ1n) is 6.92. The third kappa shape index (κ3) is 4.41. The van der Waals surface area contributed by atoms with E-state index in [4.69, 9.17) is 11.6 Å². The van der Waals surface area contributed by atoms with Crippen LogP contribution in [-0.4, -0.2) is 20.5 Å². The van der Waals surface area contributed by atoms with E-state index in [1.54, 1.807) is 18.3 Å². The molecular formula is C16H13ClKN3O2. The van der Waals surface area contributed by atoms with E-state index in [9.17, 15) is 9.90 Å². The van der Waals surface area contributed by atoms with Crippen LogP contribution in [0.25, 0.3) is 22.6 Å². The molecule has 0 radical (unpaired) electrons. The van der Waals surface area contributed by atoms with Crippen molar-refractivity contribution in [3.05, 3.63) is 47.6 Å². The minimum Gasteiger partial charge on any atom is -0.550 e. The number of hydrogen-bond donors (Lipinski definition) is 0. The summed E-state index contributed by atoms with van der Waals surface area (Å²) in [7, 11) is 0. The maximum atomic E-state index is 10.6. The minimum atomic E-state index is -1.05. The van der Waals surface area contributed by atoms with Crippen molar-refractivity contribution in [3.8, 4) is 11.4 Å². The van der Waals surface area contributed by atoms with Gasteiger partial charge in [-0.05, 0) is 49.2 Å². The minimum absolute atomic E-state index is 0. The molecule has 2 aromatic heterocycles. The summed E-state index contributed by atoms with van der Waals surface area (Å²) in [5, 5.41) is 11.3. The van der Waals surface area contributed by atoms with E-state index in [0.717, 1.165) is 22.6 Å². The summed E-state index contributed by atoms with van der Waals surface area (Å²) in [5.74, 6) is -0.297. The van der Waals surface area contributed by atoms with Crippen LogP contribution in [0.5, 0.6) is 0 Å². The third-order valence-electron chi connectivity index (χ3n) is 3.37. The van der Waals surface area contributed by atoms with Crippen LogP contribution in [0.1, 0.15) is 12.8 Å². The van der Waals surface area contributed by atoms with Crippen LogP contribution < -0.4 is 56.5 Å². The van der Waals surface area contributed by atoms with E-state index in [1.165, 1.54) is 0 Å². The van der Waals surface area contributed by atoms with Crippen LogP contribution in [-0.2, 0) is 11.3 Å². The number of carbonyl (C=O) groups excluding carboxylic acids is 1. The number of carbonyl (C=O) groups is 1. The molecule has 5 nitrogen and oxygen atoms in total. The molecule has 0 aliphatic heterocycles. The molecule has 0 bridgehead atoms. The number of aryl methyl sites for hydroxylation is 1. The molecule has 0 amide bonds. The predicted octanol–water partition coefficient (Wildman–Crippen LogP) is -0.714. The number of aliphatic carboxylic acids is 1. The Bertz CT molecular complexity index is 818. The first kappa shape index (κ1) is 18.6. The molecule has 3 aromatic rings. The van der Waals surface area contributed by atoms with E-state index < -0.39 is 5.97 Å². The second-order valence-corrected chi connectivity index (χ2v) is 5.35. The second-order valence-electron chi connectivity index (χ2n) is 4.92. The van der Waals surface area contributed by atoms with Crippen molar-refractivity contribution >= 4 is 28.7 Å². The van der Waals surface area contributed by atoms with Crippen molar-refractivity contribution in [3.63, 3.8) is 0 Å². The molecule has 2 heterocycles. The fourth-order valence-corrected chi connectivity index (χ4v) is 2.50. The van der Waals surface area contributed by atoms with Crippen LogP contribution in [0.15, 0.2) is 42.6 Å². The number of imidazole rings is 1. The standard InChI is InChI=1S/C16H14ClN3O2.K/c17-12-7-5-11(6-8-12)15-19-13-3-1-9-18-16(13)20(15)10-2-4-14(21)22;/h1,3,5-9H,2,4,10H2,(H,21,22);/q;+1/p-1.